The second kappa shape index (κ2) is 8.87. The van der Waals surface area contributed by atoms with E-state index in [9.17, 15) is 24.3 Å². The fourth-order valence-electron chi connectivity index (χ4n) is 3.50. The predicted molar refractivity (Wildman–Crippen MR) is 133 cm³/mol. The van der Waals surface area contributed by atoms with Gasteiger partial charge in [0, 0.05) is 5.56 Å². The minimum atomic E-state index is -4.45. The van der Waals surface area contributed by atoms with Crippen molar-refractivity contribution in [2.45, 2.75) is 20.8 Å². The molecule has 4 N–H and O–H groups in total. The van der Waals surface area contributed by atoms with Crippen molar-refractivity contribution < 1.29 is 24.3 Å². The number of rotatable bonds is 5. The van der Waals surface area contributed by atoms with Crippen molar-refractivity contribution in [1.82, 2.24) is 0 Å². The number of phenols is 1. The van der Waals surface area contributed by atoms with Crippen molar-refractivity contribution in [2.75, 3.05) is 10.4 Å². The van der Waals surface area contributed by atoms with E-state index < -0.39 is 13.5 Å². The summed E-state index contributed by atoms with van der Waals surface area (Å²) in [6.45, 7) is 5.61. The predicted octanol–water partition coefficient (Wildman–Crippen LogP) is 3.67. The van der Waals surface area contributed by atoms with Crippen molar-refractivity contribution >= 4 is 41.6 Å². The molecule has 9 nitrogen and oxygen atoms in total. The number of aromatic hydroxyl groups is 1. The number of carbonyl (C=O) groups is 1. The molecule has 0 spiro atoms. The molecule has 0 bridgehead atoms. The van der Waals surface area contributed by atoms with Gasteiger partial charge in [-0.15, -0.1) is 0 Å². The molecule has 10 heteroatoms. The number of carbonyl (C=O) groups excluding carboxylic acids is 1. The van der Waals surface area contributed by atoms with Crippen LogP contribution in [0, 0.1) is 13.8 Å². The van der Waals surface area contributed by atoms with Crippen LogP contribution in [-0.2, 0) is 9.36 Å². The van der Waals surface area contributed by atoms with Crippen molar-refractivity contribution in [3.63, 3.8) is 0 Å². The highest BCUT2D eigenvalue weighted by Gasteiger charge is 2.31. The van der Waals surface area contributed by atoms with Crippen LogP contribution >= 0.6 is 7.60 Å². The molecule has 174 valence electrons. The van der Waals surface area contributed by atoms with Crippen LogP contribution in [0.2, 0.25) is 0 Å². The molecule has 1 amide bonds. The Bertz CT molecular complexity index is 1410. The van der Waals surface area contributed by atoms with Gasteiger partial charge in [0.25, 0.3) is 0 Å². The van der Waals surface area contributed by atoms with Crippen LogP contribution in [0.25, 0.3) is 11.1 Å². The standard InChI is InChI=1S/C24H23N4O5P/c1-14-10-11-18(12-15(14)2)28-24(30)22(16(3)27-28)26-25-21-9-5-8-20(23(21)29)17-6-4-7-19(13-17)34(31,32)33/h4-13,25,29H,1-3H3,(H2,31,32,33)/b26-22-. The van der Waals surface area contributed by atoms with E-state index in [1.54, 1.807) is 31.2 Å². The van der Waals surface area contributed by atoms with Crippen molar-refractivity contribution in [2.24, 2.45) is 10.2 Å². The Hall–Kier alpha value is -3.78. The van der Waals surface area contributed by atoms with E-state index in [2.05, 4.69) is 15.6 Å². The Balaban J connectivity index is 1.61. The highest BCUT2D eigenvalue weighted by Crippen LogP contribution is 2.38. The highest BCUT2D eigenvalue weighted by atomic mass is 31.2. The van der Waals surface area contributed by atoms with Gasteiger partial charge in [-0.1, -0.05) is 30.3 Å². The van der Waals surface area contributed by atoms with Gasteiger partial charge in [-0.2, -0.15) is 15.2 Å². The molecular weight excluding hydrogens is 455 g/mol. The molecule has 0 unspecified atom stereocenters. The van der Waals surface area contributed by atoms with E-state index in [-0.39, 0.29) is 22.5 Å². The summed E-state index contributed by atoms with van der Waals surface area (Å²) in [6.07, 6.45) is 0. The summed E-state index contributed by atoms with van der Waals surface area (Å²) in [7, 11) is -4.45. The molecule has 1 aliphatic rings. The Morgan fingerprint density at radius 1 is 0.971 bits per heavy atom. The maximum atomic E-state index is 12.9. The van der Waals surface area contributed by atoms with Gasteiger partial charge in [0.1, 0.15) is 5.75 Å². The number of amides is 1. The number of anilines is 2. The third kappa shape index (κ3) is 4.49. The third-order valence-electron chi connectivity index (χ3n) is 5.54. The monoisotopic (exact) mass is 478 g/mol. The molecule has 3 aromatic rings. The molecule has 1 heterocycles. The van der Waals surface area contributed by atoms with Gasteiger partial charge in [-0.25, -0.2) is 0 Å². The molecule has 0 saturated carbocycles. The minimum absolute atomic E-state index is 0.103. The normalized spacial score (nSPS) is 15.1. The second-order valence-electron chi connectivity index (χ2n) is 7.94. The molecule has 34 heavy (non-hydrogen) atoms. The van der Waals surface area contributed by atoms with Crippen LogP contribution in [0.5, 0.6) is 5.75 Å². The SMILES string of the molecule is CC1=NN(c2ccc(C)c(C)c2)C(=O)/C1=N\Nc1cccc(-c2cccc(P(=O)(O)O)c2)c1O. The van der Waals surface area contributed by atoms with Gasteiger partial charge < -0.3 is 14.9 Å². The van der Waals surface area contributed by atoms with Gasteiger partial charge in [-0.05, 0) is 67.8 Å². The molecule has 4 rings (SSSR count). The fourth-order valence-corrected chi connectivity index (χ4v) is 4.08. The van der Waals surface area contributed by atoms with Gasteiger partial charge in [0.15, 0.2) is 5.71 Å². The van der Waals surface area contributed by atoms with Gasteiger partial charge >= 0.3 is 13.5 Å². The number of nitrogens with one attached hydrogen (secondary N) is 1. The highest BCUT2D eigenvalue weighted by molar-refractivity contribution is 7.60. The van der Waals surface area contributed by atoms with Gasteiger partial charge in [0.05, 0.1) is 22.4 Å². The number of hydrogen-bond donors (Lipinski definition) is 4. The molecular formula is C24H23N4O5P. The lowest BCUT2D eigenvalue weighted by Gasteiger charge is -2.13. The summed E-state index contributed by atoms with van der Waals surface area (Å²) >= 11 is 0. The maximum Gasteiger partial charge on any atom is 0.356 e. The zero-order valence-electron chi connectivity index (χ0n) is 18.7. The van der Waals surface area contributed by atoms with Crippen LogP contribution in [0.3, 0.4) is 0 Å². The summed E-state index contributed by atoms with van der Waals surface area (Å²) in [5, 5.41) is 20.4. The number of benzene rings is 3. The van der Waals surface area contributed by atoms with Gasteiger partial charge in [0.2, 0.25) is 0 Å². The van der Waals surface area contributed by atoms with Crippen molar-refractivity contribution in [3.05, 3.63) is 71.8 Å². The molecule has 0 saturated heterocycles. The molecule has 1 aliphatic heterocycles. The Labute approximate surface area is 196 Å². The Morgan fingerprint density at radius 2 is 1.71 bits per heavy atom. The lowest BCUT2D eigenvalue weighted by atomic mass is 10.0. The fraction of sp³-hybridized carbons (Fsp3) is 0.125. The van der Waals surface area contributed by atoms with Crippen LogP contribution in [0.4, 0.5) is 11.4 Å². The molecule has 0 aromatic heterocycles. The smallest absolute Gasteiger partial charge is 0.356 e. The number of phenolic OH excluding ortho intramolecular Hbond substituents is 1. The van der Waals surface area contributed by atoms with Crippen molar-refractivity contribution in [3.8, 4) is 16.9 Å². The quantitative estimate of drug-likeness (QED) is 0.251. The topological polar surface area (TPSA) is 135 Å². The summed E-state index contributed by atoms with van der Waals surface area (Å²) in [4.78, 5) is 31.8. The minimum Gasteiger partial charge on any atom is -0.505 e. The Morgan fingerprint density at radius 3 is 2.41 bits per heavy atom. The van der Waals surface area contributed by atoms with Crippen LogP contribution in [0.15, 0.2) is 70.9 Å². The largest absolute Gasteiger partial charge is 0.505 e. The first-order valence-electron chi connectivity index (χ1n) is 10.4. The molecule has 3 aromatic carbocycles. The number of aryl methyl sites for hydroxylation is 2. The zero-order valence-corrected chi connectivity index (χ0v) is 19.6. The molecule has 0 atom stereocenters. The van der Waals surface area contributed by atoms with Crippen LogP contribution in [0.1, 0.15) is 18.1 Å². The summed E-state index contributed by atoms with van der Waals surface area (Å²) in [6, 6.07) is 16.2. The average Bonchev–Trinajstić information content (AvgIpc) is 3.08. The second-order valence-corrected chi connectivity index (χ2v) is 9.54. The average molecular weight is 478 g/mol. The van der Waals surface area contributed by atoms with Crippen LogP contribution in [-0.4, -0.2) is 32.2 Å². The summed E-state index contributed by atoms with van der Waals surface area (Å²) in [5.41, 5.74) is 7.00. The lowest BCUT2D eigenvalue weighted by Crippen LogP contribution is -2.28. The first kappa shape index (κ1) is 23.4. The molecule has 0 radical (unpaired) electrons. The number of hydrazone groups is 2. The van der Waals surface area contributed by atoms with E-state index in [4.69, 9.17) is 0 Å². The zero-order chi connectivity index (χ0) is 24.6. The van der Waals surface area contributed by atoms with Crippen LogP contribution < -0.4 is 15.7 Å². The van der Waals surface area contributed by atoms with E-state index >= 15 is 0 Å². The lowest BCUT2D eigenvalue weighted by molar-refractivity contribution is -0.112. The Kier molecular flexibility index (Phi) is 6.10. The number of para-hydroxylation sites is 1. The van der Waals surface area contributed by atoms with Gasteiger partial charge in [-0.3, -0.25) is 14.8 Å². The molecule has 0 aliphatic carbocycles. The summed E-state index contributed by atoms with van der Waals surface area (Å²) in [5.74, 6) is -0.584. The first-order valence-corrected chi connectivity index (χ1v) is 12.0. The van der Waals surface area contributed by atoms with E-state index in [0.29, 0.717) is 22.5 Å². The van der Waals surface area contributed by atoms with E-state index in [0.717, 1.165) is 11.1 Å². The van der Waals surface area contributed by atoms with E-state index in [1.165, 1.54) is 23.2 Å². The molecule has 0 fully saturated rings. The van der Waals surface area contributed by atoms with Crippen molar-refractivity contribution in [1.29, 1.82) is 0 Å². The first-order chi connectivity index (χ1) is 16.1. The maximum absolute atomic E-state index is 12.9. The summed E-state index contributed by atoms with van der Waals surface area (Å²) < 4.78 is 11.6. The third-order valence-corrected chi connectivity index (χ3v) is 6.49. The number of hydrogen-bond acceptors (Lipinski definition) is 6. The number of nitrogens with zero attached hydrogens (tertiary/aromatic N) is 3. The van der Waals surface area contributed by atoms with E-state index in [1.807, 2.05) is 32.0 Å².